The van der Waals surface area contributed by atoms with Crippen molar-refractivity contribution in [2.24, 2.45) is 0 Å². The molecule has 0 saturated carbocycles. The van der Waals surface area contributed by atoms with Crippen molar-refractivity contribution in [1.82, 2.24) is 16.0 Å². The fourth-order valence-electron chi connectivity index (χ4n) is 4.38. The van der Waals surface area contributed by atoms with Gasteiger partial charge in [-0.05, 0) is 76.9 Å². The van der Waals surface area contributed by atoms with Gasteiger partial charge in [-0.3, -0.25) is 9.59 Å². The number of anilines is 1. The average Bonchev–Trinajstić information content (AvgIpc) is 2.92. The molecule has 0 fully saturated rings. The SMILES string of the molecule is COc1c(O)cc2cc1Oc1ccc(cc1N)[C@@H](O)[C@@H](NC(=O)OC(C)(C)C)C(=O)N[C@@H](CC#N)C(=O)N[C@H]2C(=O)OC(C)(C)C. The van der Waals surface area contributed by atoms with Gasteiger partial charge in [0.2, 0.25) is 17.6 Å². The Morgan fingerprint density at radius 2 is 1.65 bits per heavy atom. The largest absolute Gasteiger partial charge is 0.504 e. The first kappa shape index (κ1) is 35.3. The number of benzene rings is 2. The molecule has 0 spiro atoms. The third-order valence-electron chi connectivity index (χ3n) is 6.32. The minimum Gasteiger partial charge on any atom is -0.504 e. The number of hydrogen-bond acceptors (Lipinski definition) is 12. The molecule has 0 radical (unpaired) electrons. The molecule has 0 saturated heterocycles. The van der Waals surface area contributed by atoms with Crippen LogP contribution in [0.3, 0.4) is 0 Å². The number of aliphatic hydroxyl groups is 1. The van der Waals surface area contributed by atoms with E-state index in [1.54, 1.807) is 47.6 Å². The Morgan fingerprint density at radius 3 is 2.22 bits per heavy atom. The topological polar surface area (TPSA) is 232 Å². The van der Waals surface area contributed by atoms with Crippen LogP contribution in [0.4, 0.5) is 10.5 Å². The van der Waals surface area contributed by atoms with Crippen LogP contribution in [0.5, 0.6) is 23.0 Å². The van der Waals surface area contributed by atoms with Crippen LogP contribution in [-0.4, -0.2) is 64.5 Å². The third-order valence-corrected chi connectivity index (χ3v) is 6.32. The van der Waals surface area contributed by atoms with Gasteiger partial charge in [0.25, 0.3) is 0 Å². The number of alkyl carbamates (subject to hydrolysis) is 1. The number of nitrogens with two attached hydrogens (primary N) is 1. The van der Waals surface area contributed by atoms with E-state index in [-0.39, 0.29) is 34.1 Å². The number of ether oxygens (including phenoxy) is 4. The van der Waals surface area contributed by atoms with E-state index in [2.05, 4.69) is 16.0 Å². The number of phenolic OH excluding ortho intramolecular Hbond substituents is 1. The predicted molar refractivity (Wildman–Crippen MR) is 163 cm³/mol. The van der Waals surface area contributed by atoms with Gasteiger partial charge < -0.3 is 50.8 Å². The summed E-state index contributed by atoms with van der Waals surface area (Å²) in [5, 5.41) is 38.7. The highest BCUT2D eigenvalue weighted by atomic mass is 16.6. The van der Waals surface area contributed by atoms with E-state index < -0.39 is 71.5 Å². The first-order valence-corrected chi connectivity index (χ1v) is 14.2. The Labute approximate surface area is 265 Å². The summed E-state index contributed by atoms with van der Waals surface area (Å²) in [5.41, 5.74) is 4.33. The molecule has 2 aromatic carbocycles. The lowest BCUT2D eigenvalue weighted by Gasteiger charge is -2.29. The van der Waals surface area contributed by atoms with E-state index in [9.17, 15) is 34.7 Å². The maximum Gasteiger partial charge on any atom is 0.408 e. The number of nitrogens with zero attached hydrogens (tertiary/aromatic N) is 1. The summed E-state index contributed by atoms with van der Waals surface area (Å²) in [6.07, 6.45) is -3.36. The van der Waals surface area contributed by atoms with Crippen molar-refractivity contribution >= 4 is 29.6 Å². The van der Waals surface area contributed by atoms with E-state index >= 15 is 0 Å². The number of nitriles is 1. The lowest BCUT2D eigenvalue weighted by molar-refractivity contribution is -0.159. The number of carbonyl (C=O) groups excluding carboxylic acids is 4. The molecule has 7 N–H and O–H groups in total. The zero-order valence-electron chi connectivity index (χ0n) is 26.6. The van der Waals surface area contributed by atoms with Gasteiger partial charge in [-0.15, -0.1) is 0 Å². The highest BCUT2D eigenvalue weighted by Crippen LogP contribution is 2.43. The van der Waals surface area contributed by atoms with Gasteiger partial charge in [0, 0.05) is 0 Å². The van der Waals surface area contributed by atoms with E-state index in [0.717, 1.165) is 6.07 Å². The summed E-state index contributed by atoms with van der Waals surface area (Å²) in [4.78, 5) is 53.3. The predicted octanol–water partition coefficient (Wildman–Crippen LogP) is 2.61. The van der Waals surface area contributed by atoms with Crippen molar-refractivity contribution in [3.8, 4) is 29.1 Å². The Kier molecular flexibility index (Phi) is 10.6. The normalized spacial score (nSPS) is 20.3. The molecule has 15 nitrogen and oxygen atoms in total. The second-order valence-corrected chi connectivity index (χ2v) is 12.4. The van der Waals surface area contributed by atoms with Gasteiger partial charge in [0.1, 0.15) is 29.4 Å². The quantitative estimate of drug-likeness (QED) is 0.209. The van der Waals surface area contributed by atoms with Crippen molar-refractivity contribution < 1.29 is 48.3 Å². The zero-order valence-corrected chi connectivity index (χ0v) is 26.6. The molecule has 2 aliphatic heterocycles. The van der Waals surface area contributed by atoms with E-state index in [4.69, 9.17) is 24.7 Å². The Hall–Kier alpha value is -5.23. The Bertz CT molecular complexity index is 1540. The maximum atomic E-state index is 13.6. The number of esters is 1. The van der Waals surface area contributed by atoms with Gasteiger partial charge in [-0.2, -0.15) is 5.26 Å². The molecule has 3 amide bonds. The number of phenols is 1. The highest BCUT2D eigenvalue weighted by molar-refractivity contribution is 5.94. The summed E-state index contributed by atoms with van der Waals surface area (Å²) in [7, 11) is 1.27. The minimum atomic E-state index is -1.74. The van der Waals surface area contributed by atoms with Crippen LogP contribution in [0.15, 0.2) is 30.3 Å². The molecule has 2 heterocycles. The van der Waals surface area contributed by atoms with Crippen LogP contribution in [0.1, 0.15) is 71.2 Å². The third kappa shape index (κ3) is 8.91. The Morgan fingerprint density at radius 1 is 1.00 bits per heavy atom. The van der Waals surface area contributed by atoms with E-state index in [1.165, 1.54) is 31.4 Å². The van der Waals surface area contributed by atoms with Crippen molar-refractivity contribution in [3.63, 3.8) is 0 Å². The number of amides is 3. The fourth-order valence-corrected chi connectivity index (χ4v) is 4.38. The first-order valence-electron chi connectivity index (χ1n) is 14.2. The number of aliphatic hydroxyl groups excluding tert-OH is 1. The molecule has 46 heavy (non-hydrogen) atoms. The van der Waals surface area contributed by atoms with Gasteiger partial charge in [-0.25, -0.2) is 9.59 Å². The fraction of sp³-hybridized carbons (Fsp3) is 0.452. The van der Waals surface area contributed by atoms with Crippen molar-refractivity contribution in [2.75, 3.05) is 12.8 Å². The second kappa shape index (κ2) is 13.8. The molecule has 4 rings (SSSR count). The number of rotatable bonds is 4. The van der Waals surface area contributed by atoms with Crippen molar-refractivity contribution in [3.05, 3.63) is 41.5 Å². The molecule has 248 valence electrons. The van der Waals surface area contributed by atoms with Crippen LogP contribution in [0.2, 0.25) is 0 Å². The van der Waals surface area contributed by atoms with E-state index in [0.29, 0.717) is 0 Å². The Balaban J connectivity index is 2.23. The van der Waals surface area contributed by atoms with Crippen LogP contribution < -0.4 is 31.2 Å². The smallest absolute Gasteiger partial charge is 0.408 e. The summed E-state index contributed by atoms with van der Waals surface area (Å²) in [6.45, 7) is 9.62. The minimum absolute atomic E-state index is 0.000103. The van der Waals surface area contributed by atoms with Gasteiger partial charge >= 0.3 is 12.1 Å². The molecule has 15 heteroatoms. The summed E-state index contributed by atoms with van der Waals surface area (Å²) in [6, 6.07) is 3.40. The van der Waals surface area contributed by atoms with E-state index in [1.807, 2.05) is 0 Å². The lowest BCUT2D eigenvalue weighted by Crippen LogP contribution is -2.56. The molecule has 4 atom stereocenters. The number of aromatic hydroxyl groups is 1. The number of fused-ring (bicyclic) bond motifs is 9. The number of nitrogens with one attached hydrogen (secondary N) is 3. The second-order valence-electron chi connectivity index (χ2n) is 12.4. The van der Waals surface area contributed by atoms with Crippen molar-refractivity contribution in [1.29, 1.82) is 5.26 Å². The molecule has 0 aliphatic carbocycles. The highest BCUT2D eigenvalue weighted by Gasteiger charge is 2.37. The van der Waals surface area contributed by atoms with Gasteiger partial charge in [-0.1, -0.05) is 6.07 Å². The molecule has 2 aromatic rings. The summed E-state index contributed by atoms with van der Waals surface area (Å²) in [5.74, 6) is -3.64. The molecule has 0 aromatic heterocycles. The number of carbonyl (C=O) groups is 4. The monoisotopic (exact) mass is 641 g/mol. The van der Waals surface area contributed by atoms with Crippen molar-refractivity contribution in [2.45, 2.75) is 83.4 Å². The number of nitrogen functional groups attached to an aromatic ring is 1. The first-order chi connectivity index (χ1) is 21.3. The molecule has 2 aliphatic rings. The molecular weight excluding hydrogens is 602 g/mol. The van der Waals surface area contributed by atoms with Crippen LogP contribution >= 0.6 is 0 Å². The summed E-state index contributed by atoms with van der Waals surface area (Å²) < 4.78 is 22.0. The lowest BCUT2D eigenvalue weighted by atomic mass is 9.99. The average molecular weight is 642 g/mol. The molecule has 4 bridgehead atoms. The zero-order chi connectivity index (χ0) is 34.6. The number of hydrogen-bond donors (Lipinski definition) is 6. The number of methoxy groups -OCH3 is 1. The molecule has 0 unspecified atom stereocenters. The summed E-state index contributed by atoms with van der Waals surface area (Å²) >= 11 is 0. The van der Waals surface area contributed by atoms with Gasteiger partial charge in [0.05, 0.1) is 25.3 Å². The van der Waals surface area contributed by atoms with Crippen LogP contribution in [0.25, 0.3) is 0 Å². The van der Waals surface area contributed by atoms with Crippen LogP contribution in [0, 0.1) is 11.3 Å². The standard InChI is InChI=1S/C31H39N5O10/c1-30(2,3)45-28(41)22-16-13-19(37)25(43-7)21(14-16)44-20-9-8-15(12-17(20)33)24(38)23(36-29(42)46-31(4,5)6)27(40)34-18(10-11-32)26(39)35-22/h8-9,12-14,18,22-24,37-38H,10,33H2,1-7H3,(H,34,40)(H,35,39)(H,36,42)/t18-,22+,23+,24+/m0/s1. The molecular formula is C31H39N5O10. The van der Waals surface area contributed by atoms with Crippen LogP contribution in [-0.2, 0) is 23.9 Å². The maximum absolute atomic E-state index is 13.6. The van der Waals surface area contributed by atoms with Gasteiger partial charge in [0.15, 0.2) is 23.3 Å².